The van der Waals surface area contributed by atoms with Gasteiger partial charge in [0.05, 0.1) is 0 Å². The number of aromatic nitrogens is 3. The third-order valence-corrected chi connectivity index (χ3v) is 11.1. The van der Waals surface area contributed by atoms with Gasteiger partial charge in [0.25, 0.3) is 0 Å². The van der Waals surface area contributed by atoms with Crippen molar-refractivity contribution in [3.63, 3.8) is 0 Å². The average molecular weight is 716 g/mol. The third kappa shape index (κ3) is 4.71. The van der Waals surface area contributed by atoms with Crippen LogP contribution in [-0.4, -0.2) is 15.0 Å². The van der Waals surface area contributed by atoms with Gasteiger partial charge in [0.2, 0.25) is 0 Å². The Morgan fingerprint density at radius 3 is 1.46 bits per heavy atom. The van der Waals surface area contributed by atoms with E-state index in [4.69, 9.17) is 23.8 Å². The first-order valence-corrected chi connectivity index (χ1v) is 18.8. The number of furan rings is 2. The van der Waals surface area contributed by atoms with Gasteiger partial charge < -0.3 is 8.83 Å². The van der Waals surface area contributed by atoms with Gasteiger partial charge in [-0.2, -0.15) is 0 Å². The molecule has 0 bridgehead atoms. The molecule has 0 N–H and O–H groups in total. The summed E-state index contributed by atoms with van der Waals surface area (Å²) in [7, 11) is 0. The molecule has 0 atom stereocenters. The molecule has 0 aliphatic heterocycles. The van der Waals surface area contributed by atoms with Crippen LogP contribution in [0.4, 0.5) is 0 Å². The number of nitrogens with zero attached hydrogens (tertiary/aromatic N) is 3. The summed E-state index contributed by atoms with van der Waals surface area (Å²) in [5.74, 6) is 1.75. The molecule has 0 amide bonds. The zero-order chi connectivity index (χ0) is 36.7. The highest BCUT2D eigenvalue weighted by molar-refractivity contribution is 6.25. The molecule has 0 radical (unpaired) electrons. The van der Waals surface area contributed by atoms with Crippen molar-refractivity contribution < 1.29 is 8.83 Å². The number of rotatable bonds is 4. The molecular weight excluding hydrogens is 687 g/mol. The SMILES string of the molecule is c1ccc(-c2nc(-c3ccc4c(c3)oc3cc(-c5ccc6c7ccccc7c7ccccc7c6c5)ccc34)nc(-c3cccc4oc5ccccc5c34)n2)cc1. The van der Waals surface area contributed by atoms with E-state index < -0.39 is 0 Å². The van der Waals surface area contributed by atoms with Crippen LogP contribution < -0.4 is 0 Å². The molecule has 3 aromatic heterocycles. The smallest absolute Gasteiger partial charge is 0.164 e. The Morgan fingerprint density at radius 1 is 0.268 bits per heavy atom. The van der Waals surface area contributed by atoms with Crippen molar-refractivity contribution >= 4 is 76.2 Å². The number of para-hydroxylation sites is 1. The first kappa shape index (κ1) is 30.8. The minimum absolute atomic E-state index is 0.567. The van der Waals surface area contributed by atoms with Crippen molar-refractivity contribution in [2.24, 2.45) is 0 Å². The maximum Gasteiger partial charge on any atom is 0.164 e. The van der Waals surface area contributed by atoms with Gasteiger partial charge in [0, 0.05) is 38.2 Å². The van der Waals surface area contributed by atoms with Gasteiger partial charge in [-0.05, 0) is 85.9 Å². The Hall–Kier alpha value is -7.63. The minimum atomic E-state index is 0.567. The molecule has 3 heterocycles. The minimum Gasteiger partial charge on any atom is -0.456 e. The van der Waals surface area contributed by atoms with Gasteiger partial charge in [0.1, 0.15) is 22.3 Å². The third-order valence-electron chi connectivity index (χ3n) is 11.1. The van der Waals surface area contributed by atoms with E-state index in [-0.39, 0.29) is 0 Å². The number of fused-ring (bicyclic) bond motifs is 12. The Labute approximate surface area is 320 Å². The monoisotopic (exact) mass is 715 g/mol. The van der Waals surface area contributed by atoms with Crippen LogP contribution in [0.25, 0.3) is 121 Å². The second-order valence-corrected chi connectivity index (χ2v) is 14.3. The maximum absolute atomic E-state index is 6.63. The van der Waals surface area contributed by atoms with Gasteiger partial charge in [-0.25, -0.2) is 15.0 Å². The lowest BCUT2D eigenvalue weighted by Gasteiger charge is -2.12. The standard InChI is InChI=1S/C51H29N3O2/c1-2-11-30(12-3-1)49-52-50(54-51(53-49)42-18-10-20-45-48(42)41-17-8-9-19-44(41)55-45)33-23-26-40-39-25-22-32(28-46(39)56-47(40)29-33)31-21-24-38-36-15-5-4-13-34(36)35-14-6-7-16-37(35)43(38)27-31/h1-29H. The first-order chi connectivity index (χ1) is 27.7. The molecular formula is C51H29N3O2. The number of benzene rings is 9. The Balaban J connectivity index is 0.993. The fourth-order valence-corrected chi connectivity index (χ4v) is 8.49. The Kier molecular flexibility index (Phi) is 6.56. The van der Waals surface area contributed by atoms with Crippen LogP contribution >= 0.6 is 0 Å². The van der Waals surface area contributed by atoms with Crippen molar-refractivity contribution in [1.82, 2.24) is 15.0 Å². The van der Waals surface area contributed by atoms with Gasteiger partial charge in [-0.3, -0.25) is 0 Å². The second-order valence-electron chi connectivity index (χ2n) is 14.3. The van der Waals surface area contributed by atoms with Crippen molar-refractivity contribution in [2.45, 2.75) is 0 Å². The quantitative estimate of drug-likeness (QED) is 0.170. The Bertz CT molecular complexity index is 3510. The molecule has 0 unspecified atom stereocenters. The van der Waals surface area contributed by atoms with E-state index in [1.807, 2.05) is 66.7 Å². The average Bonchev–Trinajstić information content (AvgIpc) is 3.84. The molecule has 12 rings (SSSR count). The highest BCUT2D eigenvalue weighted by Crippen LogP contribution is 2.40. The van der Waals surface area contributed by atoms with E-state index in [0.29, 0.717) is 17.5 Å². The molecule has 56 heavy (non-hydrogen) atoms. The fourth-order valence-electron chi connectivity index (χ4n) is 8.49. The molecule has 0 saturated carbocycles. The van der Waals surface area contributed by atoms with E-state index in [1.165, 1.54) is 32.3 Å². The van der Waals surface area contributed by atoms with Gasteiger partial charge in [-0.15, -0.1) is 0 Å². The largest absolute Gasteiger partial charge is 0.456 e. The normalized spacial score (nSPS) is 11.9. The molecule has 5 nitrogen and oxygen atoms in total. The lowest BCUT2D eigenvalue weighted by atomic mass is 9.92. The molecule has 0 aliphatic rings. The van der Waals surface area contributed by atoms with Crippen molar-refractivity contribution in [1.29, 1.82) is 0 Å². The summed E-state index contributed by atoms with van der Waals surface area (Å²) in [5.41, 5.74) is 8.12. The summed E-state index contributed by atoms with van der Waals surface area (Å²) in [6, 6.07) is 61.1. The van der Waals surface area contributed by atoms with Crippen molar-refractivity contribution in [2.75, 3.05) is 0 Å². The summed E-state index contributed by atoms with van der Waals surface area (Å²) in [6.45, 7) is 0. The highest BCUT2D eigenvalue weighted by atomic mass is 16.3. The van der Waals surface area contributed by atoms with Gasteiger partial charge >= 0.3 is 0 Å². The molecule has 0 saturated heterocycles. The van der Waals surface area contributed by atoms with Crippen molar-refractivity contribution in [3.8, 4) is 45.3 Å². The van der Waals surface area contributed by atoms with Crippen LogP contribution in [-0.2, 0) is 0 Å². The van der Waals surface area contributed by atoms with Crippen LogP contribution in [0, 0.1) is 0 Å². The summed E-state index contributed by atoms with van der Waals surface area (Å²) in [5, 5.41) is 11.7. The van der Waals surface area contributed by atoms with E-state index >= 15 is 0 Å². The van der Waals surface area contributed by atoms with Crippen LogP contribution in [0.2, 0.25) is 0 Å². The molecule has 0 aliphatic carbocycles. The number of hydrogen-bond acceptors (Lipinski definition) is 5. The molecule has 12 aromatic rings. The second kappa shape index (κ2) is 11.9. The first-order valence-electron chi connectivity index (χ1n) is 18.8. The predicted molar refractivity (Wildman–Crippen MR) is 229 cm³/mol. The van der Waals surface area contributed by atoms with E-state index in [2.05, 4.69) is 109 Å². The zero-order valence-electron chi connectivity index (χ0n) is 29.9. The van der Waals surface area contributed by atoms with Crippen LogP contribution in [0.1, 0.15) is 0 Å². The highest BCUT2D eigenvalue weighted by Gasteiger charge is 2.19. The van der Waals surface area contributed by atoms with Crippen molar-refractivity contribution in [3.05, 3.63) is 176 Å². The summed E-state index contributed by atoms with van der Waals surface area (Å²) in [4.78, 5) is 15.2. The van der Waals surface area contributed by atoms with Gasteiger partial charge in [0.15, 0.2) is 17.5 Å². The van der Waals surface area contributed by atoms with Crippen LogP contribution in [0.5, 0.6) is 0 Å². The molecule has 0 fully saturated rings. The molecule has 0 spiro atoms. The molecule has 9 aromatic carbocycles. The van der Waals surface area contributed by atoms with Crippen LogP contribution in [0.15, 0.2) is 185 Å². The lowest BCUT2D eigenvalue weighted by Crippen LogP contribution is -2.00. The lowest BCUT2D eigenvalue weighted by molar-refractivity contribution is 0.668. The summed E-state index contributed by atoms with van der Waals surface area (Å²) in [6.07, 6.45) is 0. The summed E-state index contributed by atoms with van der Waals surface area (Å²) < 4.78 is 12.9. The Morgan fingerprint density at radius 2 is 0.750 bits per heavy atom. The topological polar surface area (TPSA) is 65.0 Å². The molecule has 5 heteroatoms. The molecule has 260 valence electrons. The van der Waals surface area contributed by atoms with E-state index in [0.717, 1.165) is 71.7 Å². The fraction of sp³-hybridized carbons (Fsp3) is 0. The predicted octanol–water partition coefficient (Wildman–Crippen LogP) is 13.8. The van der Waals surface area contributed by atoms with E-state index in [1.54, 1.807) is 0 Å². The summed E-state index contributed by atoms with van der Waals surface area (Å²) >= 11 is 0. The van der Waals surface area contributed by atoms with Gasteiger partial charge in [-0.1, -0.05) is 133 Å². The maximum atomic E-state index is 6.63. The van der Waals surface area contributed by atoms with Crippen LogP contribution in [0.3, 0.4) is 0 Å². The zero-order valence-corrected chi connectivity index (χ0v) is 29.9. The number of hydrogen-bond donors (Lipinski definition) is 0. The van der Waals surface area contributed by atoms with E-state index in [9.17, 15) is 0 Å².